The number of amides is 1. The Balaban J connectivity index is 2.09. The first-order chi connectivity index (χ1) is 10.0. The van der Waals surface area contributed by atoms with Crippen molar-refractivity contribution in [2.45, 2.75) is 26.8 Å². The molecule has 6 heteroatoms. The lowest BCUT2D eigenvalue weighted by Crippen LogP contribution is -2.11. The van der Waals surface area contributed by atoms with E-state index in [1.165, 1.54) is 0 Å². The molecule has 1 aromatic carbocycles. The second-order valence-electron chi connectivity index (χ2n) is 4.57. The van der Waals surface area contributed by atoms with Crippen LogP contribution in [0.4, 0.5) is 11.4 Å². The smallest absolute Gasteiger partial charge is 0.224 e. The standard InChI is InChI=1S/C15H16BrClN2OS/c1-3-14(20)19-13-6-4-5-12(9(13)2)18-8-10-7-11(16)15(17)21-10/h4-7,18H,3,8H2,1-2H3,(H,19,20). The Hall–Kier alpha value is -1.04. The predicted molar refractivity (Wildman–Crippen MR) is 94.5 cm³/mol. The van der Waals surface area contributed by atoms with Gasteiger partial charge in [-0.2, -0.15) is 0 Å². The van der Waals surface area contributed by atoms with Crippen LogP contribution in [0, 0.1) is 6.92 Å². The molecule has 1 heterocycles. The first-order valence-electron chi connectivity index (χ1n) is 6.58. The molecule has 1 amide bonds. The zero-order valence-corrected chi connectivity index (χ0v) is 15.0. The lowest BCUT2D eigenvalue weighted by Gasteiger charge is -2.13. The second-order valence-corrected chi connectivity index (χ2v) is 7.16. The molecule has 0 spiro atoms. The molecule has 0 unspecified atom stereocenters. The van der Waals surface area contributed by atoms with Crippen LogP contribution in [0.3, 0.4) is 0 Å². The van der Waals surface area contributed by atoms with E-state index in [0.717, 1.165) is 30.6 Å². The normalized spacial score (nSPS) is 10.5. The van der Waals surface area contributed by atoms with E-state index in [0.29, 0.717) is 13.0 Å². The molecular formula is C15H16BrClN2OS. The third-order valence-electron chi connectivity index (χ3n) is 3.08. The van der Waals surface area contributed by atoms with Gasteiger partial charge in [0.2, 0.25) is 5.91 Å². The summed E-state index contributed by atoms with van der Waals surface area (Å²) in [6.07, 6.45) is 0.471. The Labute approximate surface area is 141 Å². The molecule has 2 N–H and O–H groups in total. The molecule has 0 bridgehead atoms. The van der Waals surface area contributed by atoms with Crippen LogP contribution in [-0.2, 0) is 11.3 Å². The minimum absolute atomic E-state index is 0.0178. The van der Waals surface area contributed by atoms with Gasteiger partial charge in [-0.15, -0.1) is 11.3 Å². The van der Waals surface area contributed by atoms with E-state index in [1.807, 2.05) is 38.1 Å². The van der Waals surface area contributed by atoms with Crippen LogP contribution >= 0.6 is 38.9 Å². The van der Waals surface area contributed by atoms with E-state index < -0.39 is 0 Å². The summed E-state index contributed by atoms with van der Waals surface area (Å²) in [4.78, 5) is 12.7. The van der Waals surface area contributed by atoms with Crippen molar-refractivity contribution in [3.8, 4) is 0 Å². The van der Waals surface area contributed by atoms with E-state index >= 15 is 0 Å². The van der Waals surface area contributed by atoms with E-state index in [1.54, 1.807) is 11.3 Å². The van der Waals surface area contributed by atoms with Gasteiger partial charge in [0.05, 0.1) is 0 Å². The molecule has 0 atom stereocenters. The number of thiophene rings is 1. The van der Waals surface area contributed by atoms with Crippen molar-refractivity contribution in [3.05, 3.63) is 43.5 Å². The lowest BCUT2D eigenvalue weighted by molar-refractivity contribution is -0.115. The molecule has 0 aliphatic rings. The zero-order chi connectivity index (χ0) is 15.4. The summed E-state index contributed by atoms with van der Waals surface area (Å²) in [6, 6.07) is 7.85. The highest BCUT2D eigenvalue weighted by Gasteiger charge is 2.08. The van der Waals surface area contributed by atoms with E-state index in [2.05, 4.69) is 26.6 Å². The number of anilines is 2. The van der Waals surface area contributed by atoms with Crippen molar-refractivity contribution in [1.29, 1.82) is 0 Å². The maximum atomic E-state index is 11.5. The van der Waals surface area contributed by atoms with Gasteiger partial charge >= 0.3 is 0 Å². The van der Waals surface area contributed by atoms with Gasteiger partial charge in [-0.25, -0.2) is 0 Å². The summed E-state index contributed by atoms with van der Waals surface area (Å²) in [5.74, 6) is 0.0178. The van der Waals surface area contributed by atoms with Crippen molar-refractivity contribution in [2.75, 3.05) is 10.6 Å². The van der Waals surface area contributed by atoms with Gasteiger partial charge in [-0.3, -0.25) is 4.79 Å². The fourth-order valence-electron chi connectivity index (χ4n) is 1.86. The van der Waals surface area contributed by atoms with Crippen molar-refractivity contribution >= 4 is 56.1 Å². The summed E-state index contributed by atoms with van der Waals surface area (Å²) in [5.41, 5.74) is 2.88. The average molecular weight is 388 g/mol. The molecule has 21 heavy (non-hydrogen) atoms. The van der Waals surface area contributed by atoms with Crippen LogP contribution < -0.4 is 10.6 Å². The maximum absolute atomic E-state index is 11.5. The SMILES string of the molecule is CCC(=O)Nc1cccc(NCc2cc(Br)c(Cl)s2)c1C. The predicted octanol–water partition coefficient (Wildman–Crippen LogP) is 5.43. The third kappa shape index (κ3) is 4.22. The lowest BCUT2D eigenvalue weighted by atomic mass is 10.1. The first-order valence-corrected chi connectivity index (χ1v) is 8.57. The van der Waals surface area contributed by atoms with E-state index in [-0.39, 0.29) is 5.91 Å². The highest BCUT2D eigenvalue weighted by atomic mass is 79.9. The molecule has 2 aromatic rings. The maximum Gasteiger partial charge on any atom is 0.224 e. The van der Waals surface area contributed by atoms with Crippen LogP contribution in [-0.4, -0.2) is 5.91 Å². The molecule has 0 saturated carbocycles. The van der Waals surface area contributed by atoms with Crippen molar-refractivity contribution < 1.29 is 4.79 Å². The number of benzene rings is 1. The zero-order valence-electron chi connectivity index (χ0n) is 11.8. The van der Waals surface area contributed by atoms with Crippen LogP contribution in [0.2, 0.25) is 4.34 Å². The second kappa shape index (κ2) is 7.29. The highest BCUT2D eigenvalue weighted by Crippen LogP contribution is 2.32. The number of nitrogens with one attached hydrogen (secondary N) is 2. The number of hydrogen-bond donors (Lipinski definition) is 2. The fourth-order valence-corrected chi connectivity index (χ4v) is 3.59. The average Bonchev–Trinajstić information content (AvgIpc) is 2.78. The molecular weight excluding hydrogens is 372 g/mol. The number of carbonyl (C=O) groups excluding carboxylic acids is 1. The van der Waals surface area contributed by atoms with Crippen LogP contribution in [0.1, 0.15) is 23.8 Å². The molecule has 0 fully saturated rings. The van der Waals surface area contributed by atoms with E-state index in [9.17, 15) is 4.79 Å². The highest BCUT2D eigenvalue weighted by molar-refractivity contribution is 9.10. The Morgan fingerprint density at radius 2 is 2.10 bits per heavy atom. The monoisotopic (exact) mass is 386 g/mol. The summed E-state index contributed by atoms with van der Waals surface area (Å²) in [7, 11) is 0. The van der Waals surface area contributed by atoms with Crippen LogP contribution in [0.25, 0.3) is 0 Å². The minimum atomic E-state index is 0.0178. The molecule has 0 saturated heterocycles. The van der Waals surface area contributed by atoms with Gasteiger partial charge in [0.1, 0.15) is 4.34 Å². The summed E-state index contributed by atoms with van der Waals surface area (Å²) in [5, 5.41) is 6.29. The van der Waals surface area contributed by atoms with Crippen molar-refractivity contribution in [1.82, 2.24) is 0 Å². The van der Waals surface area contributed by atoms with Gasteiger partial charge in [-0.1, -0.05) is 24.6 Å². The molecule has 3 nitrogen and oxygen atoms in total. The van der Waals surface area contributed by atoms with E-state index in [4.69, 9.17) is 11.6 Å². The fraction of sp³-hybridized carbons (Fsp3) is 0.267. The molecule has 2 rings (SSSR count). The Morgan fingerprint density at radius 3 is 2.71 bits per heavy atom. The summed E-state index contributed by atoms with van der Waals surface area (Å²) in [6.45, 7) is 4.53. The first kappa shape index (κ1) is 16.3. The Bertz CT molecular complexity index is 638. The molecule has 0 aliphatic heterocycles. The topological polar surface area (TPSA) is 41.1 Å². The number of rotatable bonds is 5. The number of hydrogen-bond acceptors (Lipinski definition) is 3. The van der Waals surface area contributed by atoms with Crippen LogP contribution in [0.15, 0.2) is 28.7 Å². The number of halogens is 2. The van der Waals surface area contributed by atoms with Crippen molar-refractivity contribution in [3.63, 3.8) is 0 Å². The van der Waals surface area contributed by atoms with Gasteiger partial charge in [0.25, 0.3) is 0 Å². The number of carbonyl (C=O) groups is 1. The summed E-state index contributed by atoms with van der Waals surface area (Å²) >= 11 is 11.0. The van der Waals surface area contributed by atoms with Gasteiger partial charge in [0, 0.05) is 33.7 Å². The van der Waals surface area contributed by atoms with Gasteiger partial charge in [0.15, 0.2) is 0 Å². The quantitative estimate of drug-likeness (QED) is 0.718. The molecule has 112 valence electrons. The largest absolute Gasteiger partial charge is 0.380 e. The van der Waals surface area contributed by atoms with Gasteiger partial charge < -0.3 is 10.6 Å². The summed E-state index contributed by atoms with van der Waals surface area (Å²) < 4.78 is 1.68. The Morgan fingerprint density at radius 1 is 1.38 bits per heavy atom. The Kier molecular flexibility index (Phi) is 5.67. The minimum Gasteiger partial charge on any atom is -0.380 e. The molecule has 0 radical (unpaired) electrons. The van der Waals surface area contributed by atoms with Gasteiger partial charge in [-0.05, 0) is 46.6 Å². The molecule has 0 aliphatic carbocycles. The van der Waals surface area contributed by atoms with Crippen molar-refractivity contribution in [2.24, 2.45) is 0 Å². The van der Waals surface area contributed by atoms with Crippen LogP contribution in [0.5, 0.6) is 0 Å². The third-order valence-corrected chi connectivity index (χ3v) is 5.55. The molecule has 1 aromatic heterocycles.